The van der Waals surface area contributed by atoms with Crippen molar-refractivity contribution in [3.05, 3.63) is 29.6 Å². The van der Waals surface area contributed by atoms with E-state index in [0.717, 1.165) is 0 Å². The number of carbonyl (C=O) groups excluding carboxylic acids is 2. The zero-order chi connectivity index (χ0) is 16.0. The van der Waals surface area contributed by atoms with E-state index >= 15 is 0 Å². The third-order valence-corrected chi connectivity index (χ3v) is 2.80. The van der Waals surface area contributed by atoms with Gasteiger partial charge in [0.15, 0.2) is 0 Å². The summed E-state index contributed by atoms with van der Waals surface area (Å²) in [5, 5.41) is 13.5. The van der Waals surface area contributed by atoms with Gasteiger partial charge in [0.25, 0.3) is 0 Å². The average molecular weight is 297 g/mol. The molecule has 21 heavy (non-hydrogen) atoms. The lowest BCUT2D eigenvalue weighted by Gasteiger charge is -2.15. The Labute approximate surface area is 120 Å². The van der Waals surface area contributed by atoms with E-state index in [2.05, 4.69) is 10.6 Å². The summed E-state index contributed by atoms with van der Waals surface area (Å²) in [6.07, 6.45) is -0.295. The fraction of sp³-hybridized carbons (Fsp3) is 0.308. The van der Waals surface area contributed by atoms with E-state index in [4.69, 9.17) is 10.8 Å². The van der Waals surface area contributed by atoms with Crippen molar-refractivity contribution in [2.24, 2.45) is 5.73 Å². The fourth-order valence-electron chi connectivity index (χ4n) is 1.60. The number of hydrogen-bond donors (Lipinski definition) is 4. The Morgan fingerprint density at radius 2 is 2.05 bits per heavy atom. The number of carbonyl (C=O) groups is 3. The molecule has 0 heterocycles. The second-order valence-corrected chi connectivity index (χ2v) is 4.41. The molecule has 5 N–H and O–H groups in total. The van der Waals surface area contributed by atoms with Gasteiger partial charge in [-0.1, -0.05) is 6.07 Å². The molecule has 0 radical (unpaired) electrons. The molecule has 1 aromatic carbocycles. The Bertz CT molecular complexity index is 562. The molecule has 0 fully saturated rings. The molecule has 0 aromatic heterocycles. The molecule has 0 spiro atoms. The Balaban J connectivity index is 2.67. The van der Waals surface area contributed by atoms with Crippen molar-refractivity contribution in [3.63, 3.8) is 0 Å². The van der Waals surface area contributed by atoms with Gasteiger partial charge in [-0.2, -0.15) is 0 Å². The van der Waals surface area contributed by atoms with Crippen LogP contribution in [0.25, 0.3) is 0 Å². The number of hydrogen-bond acceptors (Lipinski definition) is 3. The van der Waals surface area contributed by atoms with Gasteiger partial charge in [0, 0.05) is 17.7 Å². The molecule has 0 aliphatic carbocycles. The molecule has 0 bridgehead atoms. The Kier molecular flexibility index (Phi) is 5.65. The van der Waals surface area contributed by atoms with Crippen LogP contribution in [0, 0.1) is 12.7 Å². The van der Waals surface area contributed by atoms with Gasteiger partial charge in [0.2, 0.25) is 5.91 Å². The van der Waals surface area contributed by atoms with Crippen molar-refractivity contribution in [2.45, 2.75) is 25.8 Å². The van der Waals surface area contributed by atoms with E-state index in [0.29, 0.717) is 0 Å². The standard InChI is InChI=1S/C13H16FN3O4/c1-7-8(14)3-2-4-9(7)16-13(21)17-10(12(19)20)5-6-11(15)18/h2-4,10H,5-6H2,1H3,(H2,15,18)(H,19,20)(H2,16,17,21)/t10-/m0/s1. The summed E-state index contributed by atoms with van der Waals surface area (Å²) in [7, 11) is 0. The Morgan fingerprint density at radius 3 is 2.62 bits per heavy atom. The molecular weight excluding hydrogens is 281 g/mol. The van der Waals surface area contributed by atoms with Crippen LogP contribution in [0.4, 0.5) is 14.9 Å². The average Bonchev–Trinajstić information content (AvgIpc) is 2.39. The van der Waals surface area contributed by atoms with Crippen LogP contribution in [0.5, 0.6) is 0 Å². The molecule has 0 saturated heterocycles. The lowest BCUT2D eigenvalue weighted by molar-refractivity contribution is -0.139. The number of nitrogens with two attached hydrogens (primary N) is 1. The summed E-state index contributed by atoms with van der Waals surface area (Å²) in [5.41, 5.74) is 5.39. The maximum Gasteiger partial charge on any atom is 0.326 e. The second kappa shape index (κ2) is 7.22. The van der Waals surface area contributed by atoms with Crippen molar-refractivity contribution >= 4 is 23.6 Å². The number of benzene rings is 1. The molecule has 8 heteroatoms. The monoisotopic (exact) mass is 297 g/mol. The number of primary amides is 1. The predicted molar refractivity (Wildman–Crippen MR) is 73.1 cm³/mol. The summed E-state index contributed by atoms with van der Waals surface area (Å²) < 4.78 is 13.3. The van der Waals surface area contributed by atoms with E-state index in [1.54, 1.807) is 0 Å². The van der Waals surface area contributed by atoms with Gasteiger partial charge in [-0.25, -0.2) is 14.0 Å². The first-order chi connectivity index (χ1) is 9.81. The highest BCUT2D eigenvalue weighted by Crippen LogP contribution is 2.17. The fourth-order valence-corrected chi connectivity index (χ4v) is 1.60. The van der Waals surface area contributed by atoms with E-state index in [-0.39, 0.29) is 24.1 Å². The van der Waals surface area contributed by atoms with Crippen LogP contribution in [-0.2, 0) is 9.59 Å². The van der Waals surface area contributed by atoms with Crippen LogP contribution in [0.2, 0.25) is 0 Å². The number of carboxylic acid groups (broad SMARTS) is 1. The number of amides is 3. The molecular formula is C13H16FN3O4. The third-order valence-electron chi connectivity index (χ3n) is 2.80. The number of urea groups is 1. The molecule has 1 atom stereocenters. The normalized spacial score (nSPS) is 11.5. The number of rotatable bonds is 6. The van der Waals surface area contributed by atoms with Crippen molar-refractivity contribution in [3.8, 4) is 0 Å². The van der Waals surface area contributed by atoms with Crippen LogP contribution in [-0.4, -0.2) is 29.1 Å². The first-order valence-electron chi connectivity index (χ1n) is 6.15. The van der Waals surface area contributed by atoms with Crippen LogP contribution < -0.4 is 16.4 Å². The third kappa shape index (κ3) is 5.09. The number of nitrogens with one attached hydrogen (secondary N) is 2. The van der Waals surface area contributed by atoms with E-state index in [9.17, 15) is 18.8 Å². The predicted octanol–water partition coefficient (Wildman–Crippen LogP) is 0.974. The molecule has 114 valence electrons. The molecule has 1 rings (SSSR count). The lowest BCUT2D eigenvalue weighted by atomic mass is 10.1. The van der Waals surface area contributed by atoms with Crippen LogP contribution in [0.3, 0.4) is 0 Å². The van der Waals surface area contributed by atoms with Crippen LogP contribution in [0.15, 0.2) is 18.2 Å². The smallest absolute Gasteiger partial charge is 0.326 e. The van der Waals surface area contributed by atoms with Gasteiger partial charge in [-0.05, 0) is 25.5 Å². The number of halogens is 1. The zero-order valence-electron chi connectivity index (χ0n) is 11.4. The largest absolute Gasteiger partial charge is 0.480 e. The van der Waals surface area contributed by atoms with Crippen LogP contribution >= 0.6 is 0 Å². The minimum absolute atomic E-state index is 0.125. The molecule has 3 amide bonds. The van der Waals surface area contributed by atoms with Crippen molar-refractivity contribution < 1.29 is 23.9 Å². The first-order valence-corrected chi connectivity index (χ1v) is 6.15. The summed E-state index contributed by atoms with van der Waals surface area (Å²) in [6, 6.07) is 2.08. The minimum atomic E-state index is -1.29. The summed E-state index contributed by atoms with van der Waals surface area (Å²) in [5.74, 6) is -2.44. The summed E-state index contributed by atoms with van der Waals surface area (Å²) in [6.45, 7) is 1.48. The van der Waals surface area contributed by atoms with Gasteiger partial charge in [-0.15, -0.1) is 0 Å². The van der Waals surface area contributed by atoms with E-state index in [1.165, 1.54) is 25.1 Å². The Morgan fingerprint density at radius 1 is 1.38 bits per heavy atom. The van der Waals surface area contributed by atoms with Crippen molar-refractivity contribution in [2.75, 3.05) is 5.32 Å². The Hall–Kier alpha value is -2.64. The van der Waals surface area contributed by atoms with E-state index < -0.39 is 29.8 Å². The highest BCUT2D eigenvalue weighted by Gasteiger charge is 2.20. The lowest BCUT2D eigenvalue weighted by Crippen LogP contribution is -2.43. The highest BCUT2D eigenvalue weighted by atomic mass is 19.1. The van der Waals surface area contributed by atoms with Gasteiger partial charge >= 0.3 is 12.0 Å². The van der Waals surface area contributed by atoms with Crippen molar-refractivity contribution in [1.82, 2.24) is 5.32 Å². The quantitative estimate of drug-likeness (QED) is 0.625. The number of carboxylic acids is 1. The molecule has 0 aliphatic rings. The zero-order valence-corrected chi connectivity index (χ0v) is 11.4. The first kappa shape index (κ1) is 16.4. The molecule has 0 aliphatic heterocycles. The molecule has 7 nitrogen and oxygen atoms in total. The summed E-state index contributed by atoms with van der Waals surface area (Å²) in [4.78, 5) is 33.3. The topological polar surface area (TPSA) is 122 Å². The molecule has 1 aromatic rings. The summed E-state index contributed by atoms with van der Waals surface area (Å²) >= 11 is 0. The van der Waals surface area contributed by atoms with Gasteiger partial charge < -0.3 is 21.5 Å². The molecule has 0 unspecified atom stereocenters. The van der Waals surface area contributed by atoms with Gasteiger partial charge in [-0.3, -0.25) is 4.79 Å². The van der Waals surface area contributed by atoms with E-state index in [1.807, 2.05) is 0 Å². The van der Waals surface area contributed by atoms with Gasteiger partial charge in [0.05, 0.1) is 0 Å². The van der Waals surface area contributed by atoms with Crippen LogP contribution in [0.1, 0.15) is 18.4 Å². The maximum atomic E-state index is 13.3. The van der Waals surface area contributed by atoms with Crippen molar-refractivity contribution in [1.29, 1.82) is 0 Å². The number of anilines is 1. The number of aliphatic carboxylic acids is 1. The van der Waals surface area contributed by atoms with Gasteiger partial charge in [0.1, 0.15) is 11.9 Å². The SMILES string of the molecule is Cc1c(F)cccc1NC(=O)N[C@@H](CCC(N)=O)C(=O)O. The highest BCUT2D eigenvalue weighted by molar-refractivity contribution is 5.93. The molecule has 0 saturated carbocycles. The second-order valence-electron chi connectivity index (χ2n) is 4.41. The minimum Gasteiger partial charge on any atom is -0.480 e. The maximum absolute atomic E-state index is 13.3.